The van der Waals surface area contributed by atoms with Crippen molar-refractivity contribution in [2.75, 3.05) is 0 Å². The quantitative estimate of drug-likeness (QED) is 0.788. The van der Waals surface area contributed by atoms with E-state index in [2.05, 4.69) is 15.1 Å². The van der Waals surface area contributed by atoms with Gasteiger partial charge >= 0.3 is 12.0 Å². The van der Waals surface area contributed by atoms with E-state index in [4.69, 9.17) is 9.84 Å². The van der Waals surface area contributed by atoms with E-state index in [1.807, 2.05) is 30.3 Å². The molecule has 0 saturated heterocycles. The number of ether oxygens (including phenoxy) is 1. The molecular formula is C14H10N4O3. The van der Waals surface area contributed by atoms with Crippen LogP contribution in [0.4, 0.5) is 0 Å². The highest BCUT2D eigenvalue weighted by Gasteiger charge is 2.13. The van der Waals surface area contributed by atoms with Crippen molar-refractivity contribution < 1.29 is 14.6 Å². The molecule has 1 N–H and O–H groups in total. The van der Waals surface area contributed by atoms with Crippen molar-refractivity contribution in [3.63, 3.8) is 0 Å². The van der Waals surface area contributed by atoms with Crippen LogP contribution in [0.25, 0.3) is 5.69 Å². The third kappa shape index (κ3) is 2.71. The summed E-state index contributed by atoms with van der Waals surface area (Å²) in [7, 11) is 0. The molecule has 2 heterocycles. The van der Waals surface area contributed by atoms with Crippen molar-refractivity contribution in [1.82, 2.24) is 19.7 Å². The number of para-hydroxylation sites is 1. The van der Waals surface area contributed by atoms with Crippen molar-refractivity contribution >= 4 is 5.97 Å². The molecule has 0 amide bonds. The lowest BCUT2D eigenvalue weighted by Gasteiger charge is -2.03. The molecule has 0 spiro atoms. The van der Waals surface area contributed by atoms with Gasteiger partial charge in [0.2, 0.25) is 0 Å². The van der Waals surface area contributed by atoms with Gasteiger partial charge in [-0.05, 0) is 12.1 Å². The summed E-state index contributed by atoms with van der Waals surface area (Å²) in [5, 5.41) is 13.2. The first-order chi connectivity index (χ1) is 10.2. The molecule has 0 radical (unpaired) electrons. The lowest BCUT2D eigenvalue weighted by atomic mass is 10.2. The molecule has 1 aromatic carbocycles. The Morgan fingerprint density at radius 1 is 1.19 bits per heavy atom. The summed E-state index contributed by atoms with van der Waals surface area (Å²) >= 11 is 0. The van der Waals surface area contributed by atoms with Crippen molar-refractivity contribution in [3.05, 3.63) is 60.7 Å². The monoisotopic (exact) mass is 282 g/mol. The van der Waals surface area contributed by atoms with E-state index in [1.165, 1.54) is 29.5 Å². The number of aromatic nitrogens is 4. The van der Waals surface area contributed by atoms with Gasteiger partial charge in [0.25, 0.3) is 0 Å². The Kier molecular flexibility index (Phi) is 3.30. The molecule has 7 nitrogen and oxygen atoms in total. The van der Waals surface area contributed by atoms with Gasteiger partial charge in [0, 0.05) is 18.5 Å². The Bertz CT molecular complexity index is 771. The number of carboxylic acids is 1. The topological polar surface area (TPSA) is 90.1 Å². The predicted octanol–water partition coefficient (Wildman–Crippen LogP) is 2.15. The van der Waals surface area contributed by atoms with E-state index in [-0.39, 0.29) is 17.3 Å². The first-order valence-electron chi connectivity index (χ1n) is 6.06. The maximum atomic E-state index is 11.1. The molecule has 0 aliphatic heterocycles. The summed E-state index contributed by atoms with van der Waals surface area (Å²) in [4.78, 5) is 18.8. The van der Waals surface area contributed by atoms with E-state index in [0.29, 0.717) is 0 Å². The lowest BCUT2D eigenvalue weighted by molar-refractivity contribution is 0.0693. The Hall–Kier alpha value is -3.22. The van der Waals surface area contributed by atoms with Crippen LogP contribution < -0.4 is 4.74 Å². The number of nitrogens with zero attached hydrogens (tertiary/aromatic N) is 4. The van der Waals surface area contributed by atoms with Crippen LogP contribution in [0, 0.1) is 0 Å². The fraction of sp³-hybridized carbons (Fsp3) is 0. The fourth-order valence-electron chi connectivity index (χ4n) is 1.73. The molecule has 0 aliphatic carbocycles. The lowest BCUT2D eigenvalue weighted by Crippen LogP contribution is -2.01. The third-order valence-electron chi connectivity index (χ3n) is 2.70. The second kappa shape index (κ2) is 5.41. The number of hydrogen-bond acceptors (Lipinski definition) is 5. The van der Waals surface area contributed by atoms with Crippen molar-refractivity contribution in [2.24, 2.45) is 0 Å². The van der Waals surface area contributed by atoms with Crippen molar-refractivity contribution in [2.45, 2.75) is 0 Å². The van der Waals surface area contributed by atoms with Gasteiger partial charge in [-0.1, -0.05) is 18.2 Å². The third-order valence-corrected chi connectivity index (χ3v) is 2.70. The summed E-state index contributed by atoms with van der Waals surface area (Å²) in [6.45, 7) is 0. The molecule has 0 aliphatic rings. The van der Waals surface area contributed by atoms with Gasteiger partial charge in [0.1, 0.15) is 17.6 Å². The molecule has 2 aromatic heterocycles. The summed E-state index contributed by atoms with van der Waals surface area (Å²) in [5.74, 6) is -0.982. The molecule has 0 bridgehead atoms. The maximum absolute atomic E-state index is 11.1. The van der Waals surface area contributed by atoms with Crippen LogP contribution >= 0.6 is 0 Å². The number of rotatable bonds is 4. The van der Waals surface area contributed by atoms with Crippen LogP contribution in [0.3, 0.4) is 0 Å². The zero-order valence-corrected chi connectivity index (χ0v) is 10.7. The molecule has 3 aromatic rings. The van der Waals surface area contributed by atoms with E-state index >= 15 is 0 Å². The molecule has 3 rings (SSSR count). The highest BCUT2D eigenvalue weighted by atomic mass is 16.5. The minimum Gasteiger partial charge on any atom is -0.477 e. The van der Waals surface area contributed by atoms with Gasteiger partial charge in [0.05, 0.1) is 5.69 Å². The molecule has 104 valence electrons. The predicted molar refractivity (Wildman–Crippen MR) is 72.6 cm³/mol. The molecular weight excluding hydrogens is 272 g/mol. The number of pyridine rings is 1. The minimum absolute atomic E-state index is 0.0476. The van der Waals surface area contributed by atoms with Gasteiger partial charge < -0.3 is 9.84 Å². The van der Waals surface area contributed by atoms with Crippen LogP contribution in [0.15, 0.2) is 55.1 Å². The Morgan fingerprint density at radius 3 is 2.76 bits per heavy atom. The van der Waals surface area contributed by atoms with Crippen LogP contribution in [0.5, 0.6) is 11.8 Å². The zero-order valence-electron chi connectivity index (χ0n) is 10.7. The number of aromatic carboxylic acids is 1. The average Bonchev–Trinajstić information content (AvgIpc) is 2.97. The minimum atomic E-state index is -1.12. The summed E-state index contributed by atoms with van der Waals surface area (Å²) in [6.07, 6.45) is 4.15. The van der Waals surface area contributed by atoms with Crippen molar-refractivity contribution in [1.29, 1.82) is 0 Å². The van der Waals surface area contributed by atoms with Gasteiger partial charge in [-0.15, -0.1) is 5.10 Å². The van der Waals surface area contributed by atoms with Crippen LogP contribution in [0.1, 0.15) is 10.4 Å². The summed E-state index contributed by atoms with van der Waals surface area (Å²) in [6, 6.07) is 10.9. The van der Waals surface area contributed by atoms with E-state index in [1.54, 1.807) is 0 Å². The van der Waals surface area contributed by atoms with Crippen LogP contribution in [0.2, 0.25) is 0 Å². The Balaban J connectivity index is 1.87. The van der Waals surface area contributed by atoms with E-state index in [0.717, 1.165) is 5.69 Å². The smallest absolute Gasteiger partial charge is 0.341 e. The molecule has 0 unspecified atom stereocenters. The molecule has 21 heavy (non-hydrogen) atoms. The number of carboxylic acid groups (broad SMARTS) is 1. The highest BCUT2D eigenvalue weighted by Crippen LogP contribution is 2.22. The maximum Gasteiger partial charge on any atom is 0.341 e. The van der Waals surface area contributed by atoms with Crippen LogP contribution in [-0.2, 0) is 0 Å². The number of benzene rings is 1. The van der Waals surface area contributed by atoms with Crippen molar-refractivity contribution in [3.8, 4) is 17.4 Å². The van der Waals surface area contributed by atoms with Gasteiger partial charge in [-0.3, -0.25) is 4.98 Å². The first-order valence-corrected chi connectivity index (χ1v) is 6.06. The standard InChI is InChI=1S/C14H10N4O3/c19-13(20)11-8-15-7-6-12(11)21-14-16-9-18(17-14)10-4-2-1-3-5-10/h1-9H,(H,19,20). The number of carbonyl (C=O) groups is 1. The average molecular weight is 282 g/mol. The fourth-order valence-corrected chi connectivity index (χ4v) is 1.73. The molecule has 0 fully saturated rings. The highest BCUT2D eigenvalue weighted by molar-refractivity contribution is 5.90. The van der Waals surface area contributed by atoms with Gasteiger partial charge in [-0.2, -0.15) is 4.98 Å². The normalized spacial score (nSPS) is 10.3. The first kappa shape index (κ1) is 12.8. The van der Waals surface area contributed by atoms with E-state index < -0.39 is 5.97 Å². The second-order valence-electron chi connectivity index (χ2n) is 4.09. The second-order valence-corrected chi connectivity index (χ2v) is 4.09. The Labute approximate surface area is 119 Å². The van der Waals surface area contributed by atoms with E-state index in [9.17, 15) is 4.79 Å². The summed E-state index contributed by atoms with van der Waals surface area (Å²) < 4.78 is 6.95. The molecule has 0 atom stereocenters. The largest absolute Gasteiger partial charge is 0.477 e. The molecule has 7 heteroatoms. The Morgan fingerprint density at radius 2 is 2.00 bits per heavy atom. The number of hydrogen-bond donors (Lipinski definition) is 1. The SMILES string of the molecule is O=C(O)c1cnccc1Oc1ncn(-c2ccccc2)n1. The molecule has 0 saturated carbocycles. The summed E-state index contributed by atoms with van der Waals surface area (Å²) in [5.41, 5.74) is 0.779. The van der Waals surface area contributed by atoms with Gasteiger partial charge in [0.15, 0.2) is 0 Å². The van der Waals surface area contributed by atoms with Gasteiger partial charge in [-0.25, -0.2) is 9.48 Å². The van der Waals surface area contributed by atoms with Crippen LogP contribution in [-0.4, -0.2) is 30.8 Å². The zero-order chi connectivity index (χ0) is 14.7.